The van der Waals surface area contributed by atoms with E-state index in [4.69, 9.17) is 4.74 Å². The Labute approximate surface area is 169 Å². The van der Waals surface area contributed by atoms with Crippen LogP contribution in [0.25, 0.3) is 10.6 Å². The lowest BCUT2D eigenvalue weighted by atomic mass is 9.61. The Morgan fingerprint density at radius 3 is 2.74 bits per heavy atom. The van der Waals surface area contributed by atoms with Crippen LogP contribution in [0.5, 0.6) is 0 Å². The van der Waals surface area contributed by atoms with E-state index in [1.54, 1.807) is 0 Å². The first-order valence-electron chi connectivity index (χ1n) is 9.28. The van der Waals surface area contributed by atoms with Gasteiger partial charge in [-0.3, -0.25) is 4.79 Å². The molecule has 3 saturated carbocycles. The maximum absolute atomic E-state index is 15.2. The molecule has 0 unspecified atom stereocenters. The molecule has 0 radical (unpaired) electrons. The second-order valence-electron chi connectivity index (χ2n) is 7.10. The number of rotatable bonds is 5. The highest BCUT2D eigenvalue weighted by atomic mass is 79.9. The van der Waals surface area contributed by atoms with Crippen molar-refractivity contribution in [3.63, 3.8) is 0 Å². The number of thiophene rings is 1. The average molecular weight is 454 g/mol. The van der Waals surface area contributed by atoms with Gasteiger partial charge in [-0.05, 0) is 71.8 Å². The highest BCUT2D eigenvalue weighted by Crippen LogP contribution is 2.47. The number of aromatic nitrogens is 2. The van der Waals surface area contributed by atoms with Crippen molar-refractivity contribution in [2.24, 2.45) is 17.8 Å². The molecule has 8 heteroatoms. The van der Waals surface area contributed by atoms with E-state index in [0.29, 0.717) is 17.3 Å². The van der Waals surface area contributed by atoms with Gasteiger partial charge in [-0.15, -0.1) is 11.3 Å². The van der Waals surface area contributed by atoms with E-state index >= 15 is 4.39 Å². The van der Waals surface area contributed by atoms with Gasteiger partial charge in [0, 0.05) is 6.04 Å². The summed E-state index contributed by atoms with van der Waals surface area (Å²) >= 11 is 4.72. The van der Waals surface area contributed by atoms with Crippen LogP contribution in [0.2, 0.25) is 0 Å². The summed E-state index contributed by atoms with van der Waals surface area (Å²) in [5.41, 5.74) is 0.267. The minimum absolute atomic E-state index is 0.145. The summed E-state index contributed by atoms with van der Waals surface area (Å²) in [4.78, 5) is 21.8. The van der Waals surface area contributed by atoms with Gasteiger partial charge < -0.3 is 10.1 Å². The second kappa shape index (κ2) is 7.83. The van der Waals surface area contributed by atoms with Crippen molar-refractivity contribution in [3.8, 4) is 10.6 Å². The molecule has 0 aliphatic heterocycles. The smallest absolute Gasteiger partial charge is 0.311 e. The molecule has 2 bridgehead atoms. The fraction of sp³-hybridized carbons (Fsp3) is 0.526. The molecule has 27 heavy (non-hydrogen) atoms. The van der Waals surface area contributed by atoms with Gasteiger partial charge >= 0.3 is 5.97 Å². The molecule has 3 aliphatic rings. The first kappa shape index (κ1) is 18.8. The van der Waals surface area contributed by atoms with E-state index in [0.717, 1.165) is 30.6 Å². The van der Waals surface area contributed by atoms with Crippen LogP contribution in [-0.4, -0.2) is 28.6 Å². The van der Waals surface area contributed by atoms with Crippen molar-refractivity contribution >= 4 is 39.1 Å². The van der Waals surface area contributed by atoms with E-state index in [1.165, 1.54) is 11.3 Å². The SMILES string of the molecule is CCOC(=O)[C@H]1C2CCC(CC2)[C@@H]1Nc1nc(Br)nc(-c2cccs2)c1F. The van der Waals surface area contributed by atoms with Crippen LogP contribution >= 0.6 is 27.3 Å². The van der Waals surface area contributed by atoms with Gasteiger partial charge in [0.25, 0.3) is 0 Å². The van der Waals surface area contributed by atoms with Crippen molar-refractivity contribution < 1.29 is 13.9 Å². The lowest BCUT2D eigenvalue weighted by Crippen LogP contribution is -2.52. The molecule has 3 aliphatic carbocycles. The zero-order chi connectivity index (χ0) is 19.0. The summed E-state index contributed by atoms with van der Waals surface area (Å²) < 4.78 is 20.8. The number of hydrogen-bond acceptors (Lipinski definition) is 6. The van der Waals surface area contributed by atoms with Crippen LogP contribution < -0.4 is 5.32 Å². The van der Waals surface area contributed by atoms with E-state index in [9.17, 15) is 4.79 Å². The molecule has 144 valence electrons. The molecular weight excluding hydrogens is 433 g/mol. The lowest BCUT2D eigenvalue weighted by Gasteiger charge is -2.47. The molecule has 2 atom stereocenters. The summed E-state index contributed by atoms with van der Waals surface area (Å²) in [5, 5.41) is 5.14. The van der Waals surface area contributed by atoms with Gasteiger partial charge in [0.05, 0.1) is 17.4 Å². The van der Waals surface area contributed by atoms with E-state index < -0.39 is 5.82 Å². The first-order valence-corrected chi connectivity index (χ1v) is 11.0. The Morgan fingerprint density at radius 1 is 1.33 bits per heavy atom. The normalized spacial score (nSPS) is 26.8. The lowest BCUT2D eigenvalue weighted by molar-refractivity contribution is -0.154. The molecule has 0 saturated heterocycles. The zero-order valence-electron chi connectivity index (χ0n) is 15.0. The van der Waals surface area contributed by atoms with E-state index in [2.05, 4.69) is 31.2 Å². The quantitative estimate of drug-likeness (QED) is 0.515. The average Bonchev–Trinajstić information content (AvgIpc) is 3.20. The van der Waals surface area contributed by atoms with Crippen LogP contribution in [-0.2, 0) is 9.53 Å². The number of nitrogens with one attached hydrogen (secondary N) is 1. The predicted octanol–water partition coefficient (Wildman–Crippen LogP) is 4.89. The fourth-order valence-electron chi connectivity index (χ4n) is 4.48. The van der Waals surface area contributed by atoms with Gasteiger partial charge in [0.1, 0.15) is 5.69 Å². The van der Waals surface area contributed by atoms with Crippen molar-refractivity contribution in [2.75, 3.05) is 11.9 Å². The Morgan fingerprint density at radius 2 is 2.07 bits per heavy atom. The topological polar surface area (TPSA) is 64.1 Å². The molecule has 2 aromatic heterocycles. The Bertz CT molecular complexity index is 825. The van der Waals surface area contributed by atoms with Crippen LogP contribution in [0.15, 0.2) is 22.2 Å². The van der Waals surface area contributed by atoms with Gasteiger partial charge in [-0.1, -0.05) is 6.07 Å². The molecule has 2 aromatic rings. The monoisotopic (exact) mass is 453 g/mol. The summed E-state index contributed by atoms with van der Waals surface area (Å²) in [6, 6.07) is 3.53. The maximum atomic E-state index is 15.2. The molecule has 0 spiro atoms. The minimum Gasteiger partial charge on any atom is -0.466 e. The van der Waals surface area contributed by atoms with Crippen molar-refractivity contribution in [3.05, 3.63) is 28.1 Å². The highest BCUT2D eigenvalue weighted by Gasteiger charge is 2.48. The van der Waals surface area contributed by atoms with Gasteiger partial charge in [0.2, 0.25) is 0 Å². The molecule has 5 nitrogen and oxygen atoms in total. The largest absolute Gasteiger partial charge is 0.466 e. The summed E-state index contributed by atoms with van der Waals surface area (Å²) in [5.74, 6) is -0.164. The van der Waals surface area contributed by atoms with Gasteiger partial charge in [-0.2, -0.15) is 0 Å². The van der Waals surface area contributed by atoms with Crippen LogP contribution in [0.4, 0.5) is 10.2 Å². The van der Waals surface area contributed by atoms with Crippen molar-refractivity contribution in [2.45, 2.75) is 38.6 Å². The fourth-order valence-corrected chi connectivity index (χ4v) is 5.55. The van der Waals surface area contributed by atoms with Crippen LogP contribution in [0, 0.1) is 23.6 Å². The molecule has 5 rings (SSSR count). The number of esters is 1. The number of anilines is 1. The number of halogens is 2. The summed E-state index contributed by atoms with van der Waals surface area (Å²) in [6.07, 6.45) is 4.15. The minimum atomic E-state index is -0.482. The van der Waals surface area contributed by atoms with E-state index in [1.807, 2.05) is 24.4 Å². The molecule has 0 amide bonds. The van der Waals surface area contributed by atoms with Crippen molar-refractivity contribution in [1.29, 1.82) is 0 Å². The molecule has 2 heterocycles. The Hall–Kier alpha value is -1.54. The Kier molecular flexibility index (Phi) is 5.45. The van der Waals surface area contributed by atoms with Crippen LogP contribution in [0.1, 0.15) is 32.6 Å². The highest BCUT2D eigenvalue weighted by molar-refractivity contribution is 9.10. The number of carbonyl (C=O) groups is 1. The van der Waals surface area contributed by atoms with Gasteiger partial charge in [-0.25, -0.2) is 14.4 Å². The standard InChI is InChI=1S/C19H21BrFN3O2S/c1-2-26-18(25)13-10-5-7-11(8-6-10)15(13)22-17-14(21)16(23-19(20)24-17)12-4-3-9-27-12/h3-4,9-11,13,15H,2,5-8H2,1H3,(H,22,23,24)/t10?,11?,13-,15-/m0/s1. The maximum Gasteiger partial charge on any atom is 0.311 e. The zero-order valence-corrected chi connectivity index (χ0v) is 17.4. The molecular formula is C19H21BrFN3O2S. The third-order valence-corrected chi connectivity index (χ3v) is 6.89. The Balaban J connectivity index is 1.67. The predicted molar refractivity (Wildman–Crippen MR) is 106 cm³/mol. The molecule has 1 N–H and O–H groups in total. The number of fused-ring (bicyclic) bond motifs is 3. The van der Waals surface area contributed by atoms with Crippen molar-refractivity contribution in [1.82, 2.24) is 9.97 Å². The molecule has 3 fully saturated rings. The third-order valence-electron chi connectivity index (χ3n) is 5.66. The van der Waals surface area contributed by atoms with E-state index in [-0.39, 0.29) is 35.4 Å². The second-order valence-corrected chi connectivity index (χ2v) is 8.76. The third kappa shape index (κ3) is 3.61. The number of nitrogens with zero attached hydrogens (tertiary/aromatic N) is 2. The molecule has 0 aromatic carbocycles. The summed E-state index contributed by atoms with van der Waals surface area (Å²) in [7, 11) is 0. The van der Waals surface area contributed by atoms with Gasteiger partial charge in [0.15, 0.2) is 16.4 Å². The van der Waals surface area contributed by atoms with Crippen LogP contribution in [0.3, 0.4) is 0 Å². The first-order chi connectivity index (χ1) is 13.1. The summed E-state index contributed by atoms with van der Waals surface area (Å²) in [6.45, 7) is 2.17. The number of ether oxygens (including phenoxy) is 1. The number of hydrogen-bond donors (Lipinski definition) is 1. The number of carbonyl (C=O) groups excluding carboxylic acids is 1.